The number of carbonyl (C=O) groups is 1. The van der Waals surface area contributed by atoms with E-state index in [9.17, 15) is 9.18 Å². The van der Waals surface area contributed by atoms with E-state index in [0.29, 0.717) is 16.9 Å². The first-order valence-corrected chi connectivity index (χ1v) is 12.4. The number of hydrogen-bond donors (Lipinski definition) is 1. The van der Waals surface area contributed by atoms with E-state index < -0.39 is 5.82 Å². The van der Waals surface area contributed by atoms with Crippen molar-refractivity contribution in [1.82, 2.24) is 14.5 Å². The largest absolute Gasteiger partial charge is 0.345 e. The number of rotatable bonds is 7. The van der Waals surface area contributed by atoms with Crippen molar-refractivity contribution in [3.05, 3.63) is 72.7 Å². The van der Waals surface area contributed by atoms with Gasteiger partial charge < -0.3 is 14.8 Å². The van der Waals surface area contributed by atoms with Gasteiger partial charge in [-0.2, -0.15) is 0 Å². The number of pyridine rings is 1. The Morgan fingerprint density at radius 1 is 0.971 bits per heavy atom. The van der Waals surface area contributed by atoms with Gasteiger partial charge in [-0.25, -0.2) is 9.37 Å². The summed E-state index contributed by atoms with van der Waals surface area (Å²) in [4.78, 5) is 19.0. The van der Waals surface area contributed by atoms with Crippen molar-refractivity contribution in [3.8, 4) is 22.4 Å². The van der Waals surface area contributed by atoms with Crippen LogP contribution in [0.15, 0.2) is 66.9 Å². The molecule has 1 aliphatic rings. The number of nitrogens with one attached hydrogen (secondary N) is 1. The van der Waals surface area contributed by atoms with Crippen molar-refractivity contribution in [2.75, 3.05) is 25.0 Å². The SMILES string of the molecule is CC(=O)Nc1cc(F)cc(-c2ccc3c(n2)c(-c2ccccc2)cn3CCCN2CCCCC2)c1. The van der Waals surface area contributed by atoms with Crippen molar-refractivity contribution < 1.29 is 9.18 Å². The summed E-state index contributed by atoms with van der Waals surface area (Å²) in [6.45, 7) is 5.87. The number of benzene rings is 2. The topological polar surface area (TPSA) is 50.2 Å². The number of halogens is 1. The summed E-state index contributed by atoms with van der Waals surface area (Å²) in [5.41, 5.74) is 5.88. The number of amides is 1. The maximum absolute atomic E-state index is 14.3. The van der Waals surface area contributed by atoms with Crippen LogP contribution >= 0.6 is 0 Å². The fraction of sp³-hybridized carbons (Fsp3) is 0.310. The monoisotopic (exact) mass is 470 g/mol. The molecule has 0 spiro atoms. The lowest BCUT2D eigenvalue weighted by Crippen LogP contribution is -2.31. The van der Waals surface area contributed by atoms with Gasteiger partial charge in [0, 0.05) is 36.5 Å². The highest BCUT2D eigenvalue weighted by Crippen LogP contribution is 2.32. The van der Waals surface area contributed by atoms with E-state index in [2.05, 4.69) is 39.2 Å². The molecule has 0 aliphatic carbocycles. The molecule has 1 saturated heterocycles. The van der Waals surface area contributed by atoms with Gasteiger partial charge in [-0.3, -0.25) is 4.79 Å². The minimum absolute atomic E-state index is 0.238. The smallest absolute Gasteiger partial charge is 0.221 e. The molecule has 2 aromatic heterocycles. The van der Waals surface area contributed by atoms with Crippen LogP contribution in [0.3, 0.4) is 0 Å². The Morgan fingerprint density at radius 3 is 2.54 bits per heavy atom. The van der Waals surface area contributed by atoms with Crippen LogP contribution in [-0.2, 0) is 11.3 Å². The summed E-state index contributed by atoms with van der Waals surface area (Å²) in [6.07, 6.45) is 7.25. The standard InChI is InChI=1S/C29H31FN4O/c1-21(35)31-25-18-23(17-24(30)19-25)27-11-12-28-29(32-27)26(22-9-4-2-5-10-22)20-34(28)16-8-15-33-13-6-3-7-14-33/h2,4-5,9-12,17-20H,3,6-8,13-16H2,1H3,(H,31,35). The van der Waals surface area contributed by atoms with E-state index in [1.807, 2.05) is 24.3 Å². The predicted molar refractivity (Wildman–Crippen MR) is 140 cm³/mol. The number of piperidine rings is 1. The Kier molecular flexibility index (Phi) is 6.91. The number of fused-ring (bicyclic) bond motifs is 1. The highest BCUT2D eigenvalue weighted by Gasteiger charge is 2.15. The minimum atomic E-state index is -0.410. The molecular formula is C29H31FN4O. The molecule has 2 aromatic carbocycles. The lowest BCUT2D eigenvalue weighted by molar-refractivity contribution is -0.114. The Morgan fingerprint density at radius 2 is 1.77 bits per heavy atom. The molecule has 180 valence electrons. The van der Waals surface area contributed by atoms with Crippen molar-refractivity contribution in [2.45, 2.75) is 39.2 Å². The summed E-state index contributed by atoms with van der Waals surface area (Å²) in [6, 6.07) is 18.8. The third kappa shape index (κ3) is 5.43. The van der Waals surface area contributed by atoms with Gasteiger partial charge in [-0.1, -0.05) is 36.8 Å². The quantitative estimate of drug-likeness (QED) is 0.343. The second-order valence-corrected chi connectivity index (χ2v) is 9.33. The first kappa shape index (κ1) is 23.2. The zero-order chi connectivity index (χ0) is 24.2. The maximum atomic E-state index is 14.3. The van der Waals surface area contributed by atoms with Crippen LogP contribution in [0.5, 0.6) is 0 Å². The predicted octanol–water partition coefficient (Wildman–Crippen LogP) is 6.34. The average molecular weight is 471 g/mol. The molecule has 0 atom stereocenters. The Hall–Kier alpha value is -3.51. The van der Waals surface area contributed by atoms with E-state index in [-0.39, 0.29) is 5.91 Å². The fourth-order valence-corrected chi connectivity index (χ4v) is 5.00. The van der Waals surface area contributed by atoms with Crippen LogP contribution in [0.1, 0.15) is 32.6 Å². The minimum Gasteiger partial charge on any atom is -0.345 e. The summed E-state index contributed by atoms with van der Waals surface area (Å²) in [5, 5.41) is 2.67. The molecule has 0 unspecified atom stereocenters. The highest BCUT2D eigenvalue weighted by molar-refractivity contribution is 5.94. The van der Waals surface area contributed by atoms with Crippen LogP contribution < -0.4 is 5.32 Å². The van der Waals surface area contributed by atoms with Crippen molar-refractivity contribution in [1.29, 1.82) is 0 Å². The second-order valence-electron chi connectivity index (χ2n) is 9.33. The number of aryl methyl sites for hydroxylation is 1. The number of nitrogens with zero attached hydrogens (tertiary/aromatic N) is 3. The van der Waals surface area contributed by atoms with E-state index >= 15 is 0 Å². The molecule has 1 fully saturated rings. The Bertz CT molecular complexity index is 1330. The van der Waals surface area contributed by atoms with Crippen molar-refractivity contribution >= 4 is 22.6 Å². The summed E-state index contributed by atoms with van der Waals surface area (Å²) >= 11 is 0. The third-order valence-electron chi connectivity index (χ3n) is 6.64. The van der Waals surface area contributed by atoms with Crippen LogP contribution in [0, 0.1) is 5.82 Å². The molecule has 5 nitrogen and oxygen atoms in total. The molecule has 0 radical (unpaired) electrons. The lowest BCUT2D eigenvalue weighted by atomic mass is 10.1. The van der Waals surface area contributed by atoms with Gasteiger partial charge in [0.2, 0.25) is 5.91 Å². The van der Waals surface area contributed by atoms with E-state index in [1.165, 1.54) is 51.4 Å². The summed E-state index contributed by atoms with van der Waals surface area (Å²) < 4.78 is 16.6. The average Bonchev–Trinajstić information content (AvgIpc) is 3.22. The van der Waals surface area contributed by atoms with Crippen LogP contribution in [0.2, 0.25) is 0 Å². The Labute approximate surface area is 205 Å². The van der Waals surface area contributed by atoms with E-state index in [4.69, 9.17) is 4.98 Å². The van der Waals surface area contributed by atoms with Crippen LogP contribution in [0.4, 0.5) is 10.1 Å². The molecule has 1 N–H and O–H groups in total. The molecule has 3 heterocycles. The number of likely N-dealkylation sites (tertiary alicyclic amines) is 1. The molecule has 0 saturated carbocycles. The number of aromatic nitrogens is 2. The lowest BCUT2D eigenvalue weighted by Gasteiger charge is -2.26. The molecule has 6 heteroatoms. The van der Waals surface area contributed by atoms with Gasteiger partial charge >= 0.3 is 0 Å². The van der Waals surface area contributed by atoms with Crippen molar-refractivity contribution in [2.24, 2.45) is 0 Å². The molecule has 5 rings (SSSR count). The molecule has 0 bridgehead atoms. The number of anilines is 1. The van der Waals surface area contributed by atoms with Gasteiger partial charge in [0.1, 0.15) is 5.82 Å². The van der Waals surface area contributed by atoms with Crippen LogP contribution in [0.25, 0.3) is 33.4 Å². The molecule has 1 amide bonds. The first-order valence-electron chi connectivity index (χ1n) is 12.4. The maximum Gasteiger partial charge on any atom is 0.221 e. The summed E-state index contributed by atoms with van der Waals surface area (Å²) in [7, 11) is 0. The first-order chi connectivity index (χ1) is 17.1. The van der Waals surface area contributed by atoms with Gasteiger partial charge in [-0.05, 0) is 74.8 Å². The molecule has 4 aromatic rings. The number of hydrogen-bond acceptors (Lipinski definition) is 3. The highest BCUT2D eigenvalue weighted by atomic mass is 19.1. The van der Waals surface area contributed by atoms with Gasteiger partial charge in [-0.15, -0.1) is 0 Å². The van der Waals surface area contributed by atoms with Gasteiger partial charge in [0.25, 0.3) is 0 Å². The molecular weight excluding hydrogens is 439 g/mol. The Balaban J connectivity index is 1.50. The molecule has 35 heavy (non-hydrogen) atoms. The zero-order valence-electron chi connectivity index (χ0n) is 20.1. The fourth-order valence-electron chi connectivity index (χ4n) is 5.00. The van der Waals surface area contributed by atoms with Crippen LogP contribution in [-0.4, -0.2) is 40.0 Å². The second kappa shape index (κ2) is 10.4. The van der Waals surface area contributed by atoms with Crippen molar-refractivity contribution in [3.63, 3.8) is 0 Å². The van der Waals surface area contributed by atoms with E-state index in [0.717, 1.165) is 41.7 Å². The molecule has 1 aliphatic heterocycles. The number of carbonyl (C=O) groups excluding carboxylic acids is 1. The van der Waals surface area contributed by atoms with Gasteiger partial charge in [0.15, 0.2) is 0 Å². The zero-order valence-corrected chi connectivity index (χ0v) is 20.1. The van der Waals surface area contributed by atoms with E-state index in [1.54, 1.807) is 6.07 Å². The third-order valence-corrected chi connectivity index (χ3v) is 6.64. The van der Waals surface area contributed by atoms with Gasteiger partial charge in [0.05, 0.1) is 16.7 Å². The summed E-state index contributed by atoms with van der Waals surface area (Å²) in [5.74, 6) is -0.648. The normalized spacial score (nSPS) is 14.3.